The van der Waals surface area contributed by atoms with Crippen LogP contribution in [0.25, 0.3) is 0 Å². The first-order valence-corrected chi connectivity index (χ1v) is 6.13. The topological polar surface area (TPSA) is 12.0 Å². The van der Waals surface area contributed by atoms with E-state index in [4.69, 9.17) is 0 Å². The molecule has 3 unspecified atom stereocenters. The maximum Gasteiger partial charge on any atom is 0.00926 e. The molecule has 0 saturated heterocycles. The van der Waals surface area contributed by atoms with Gasteiger partial charge in [0.05, 0.1) is 0 Å². The molecule has 1 N–H and O–H groups in total. The standard InChI is InChI=1S/C13H23N/c1-3-4-5-6-13(14-2)12-8-10-7-11(10)9-12/h3,10-14H,1,4-9H2,2H3. The molecule has 2 saturated carbocycles. The van der Waals surface area contributed by atoms with Crippen molar-refractivity contribution in [2.24, 2.45) is 17.8 Å². The Bertz CT molecular complexity index is 189. The number of fused-ring (bicyclic) bond motifs is 1. The highest BCUT2D eigenvalue weighted by Gasteiger charge is 2.47. The van der Waals surface area contributed by atoms with Crippen molar-refractivity contribution in [3.8, 4) is 0 Å². The first kappa shape index (κ1) is 10.2. The van der Waals surface area contributed by atoms with Crippen LogP contribution < -0.4 is 5.32 Å². The van der Waals surface area contributed by atoms with E-state index >= 15 is 0 Å². The van der Waals surface area contributed by atoms with E-state index in [0.29, 0.717) is 0 Å². The van der Waals surface area contributed by atoms with E-state index in [0.717, 1.165) is 23.8 Å². The van der Waals surface area contributed by atoms with Crippen molar-refractivity contribution in [1.29, 1.82) is 0 Å². The van der Waals surface area contributed by atoms with Gasteiger partial charge in [0.1, 0.15) is 0 Å². The number of allylic oxidation sites excluding steroid dienone is 1. The third kappa shape index (κ3) is 2.20. The summed E-state index contributed by atoms with van der Waals surface area (Å²) in [4.78, 5) is 0. The number of rotatable bonds is 6. The lowest BCUT2D eigenvalue weighted by molar-refractivity contribution is 0.330. The Balaban J connectivity index is 1.72. The van der Waals surface area contributed by atoms with Crippen molar-refractivity contribution in [3.63, 3.8) is 0 Å². The van der Waals surface area contributed by atoms with Gasteiger partial charge in [0, 0.05) is 6.04 Å². The first-order valence-electron chi connectivity index (χ1n) is 6.13. The highest BCUT2D eigenvalue weighted by atomic mass is 14.9. The quantitative estimate of drug-likeness (QED) is 0.505. The number of nitrogens with one attached hydrogen (secondary N) is 1. The van der Waals surface area contributed by atoms with Crippen LogP contribution in [0.4, 0.5) is 0 Å². The molecule has 1 heteroatoms. The second kappa shape index (κ2) is 4.48. The maximum atomic E-state index is 3.78. The van der Waals surface area contributed by atoms with Gasteiger partial charge in [-0.2, -0.15) is 0 Å². The molecule has 14 heavy (non-hydrogen) atoms. The molecule has 0 aromatic rings. The summed E-state index contributed by atoms with van der Waals surface area (Å²) in [5, 5.41) is 3.51. The van der Waals surface area contributed by atoms with Crippen LogP contribution in [0.5, 0.6) is 0 Å². The van der Waals surface area contributed by atoms with Crippen molar-refractivity contribution in [2.45, 2.75) is 44.6 Å². The lowest BCUT2D eigenvalue weighted by Gasteiger charge is -2.24. The summed E-state index contributed by atoms with van der Waals surface area (Å²) < 4.78 is 0. The van der Waals surface area contributed by atoms with Crippen LogP contribution in [0.15, 0.2) is 12.7 Å². The van der Waals surface area contributed by atoms with Gasteiger partial charge in [0.2, 0.25) is 0 Å². The molecular weight excluding hydrogens is 170 g/mol. The van der Waals surface area contributed by atoms with Gasteiger partial charge in [-0.1, -0.05) is 6.08 Å². The van der Waals surface area contributed by atoms with Crippen LogP contribution in [0, 0.1) is 17.8 Å². The van der Waals surface area contributed by atoms with E-state index in [1.54, 1.807) is 6.42 Å². The molecule has 0 radical (unpaired) electrons. The number of hydrogen-bond donors (Lipinski definition) is 1. The molecular formula is C13H23N. The molecule has 0 aliphatic heterocycles. The maximum absolute atomic E-state index is 3.78. The van der Waals surface area contributed by atoms with Crippen LogP contribution in [-0.2, 0) is 0 Å². The Morgan fingerprint density at radius 2 is 2.07 bits per heavy atom. The van der Waals surface area contributed by atoms with Crippen molar-refractivity contribution in [1.82, 2.24) is 5.32 Å². The summed E-state index contributed by atoms with van der Waals surface area (Å²) >= 11 is 0. The van der Waals surface area contributed by atoms with Crippen LogP contribution >= 0.6 is 0 Å². The summed E-state index contributed by atoms with van der Waals surface area (Å²) in [5.41, 5.74) is 0. The normalized spacial score (nSPS) is 36.5. The summed E-state index contributed by atoms with van der Waals surface area (Å²) in [6.07, 6.45) is 10.4. The predicted molar refractivity (Wildman–Crippen MR) is 61.2 cm³/mol. The third-order valence-electron chi connectivity index (χ3n) is 4.14. The molecule has 0 heterocycles. The van der Waals surface area contributed by atoms with Crippen LogP contribution in [0.2, 0.25) is 0 Å². The zero-order chi connectivity index (χ0) is 9.97. The summed E-state index contributed by atoms with van der Waals surface area (Å²) in [7, 11) is 2.13. The van der Waals surface area contributed by atoms with Gasteiger partial charge in [-0.15, -0.1) is 6.58 Å². The fourth-order valence-electron chi connectivity index (χ4n) is 3.19. The molecule has 0 aromatic carbocycles. The Kier molecular flexibility index (Phi) is 3.27. The molecule has 2 aliphatic carbocycles. The van der Waals surface area contributed by atoms with Gasteiger partial charge in [0.15, 0.2) is 0 Å². The van der Waals surface area contributed by atoms with Gasteiger partial charge < -0.3 is 5.32 Å². The lowest BCUT2D eigenvalue weighted by Crippen LogP contribution is -2.32. The van der Waals surface area contributed by atoms with E-state index in [1.807, 2.05) is 6.08 Å². The number of unbranched alkanes of at least 4 members (excludes halogenated alkanes) is 1. The first-order chi connectivity index (χ1) is 6.85. The van der Waals surface area contributed by atoms with E-state index in [1.165, 1.54) is 32.1 Å². The van der Waals surface area contributed by atoms with E-state index in [9.17, 15) is 0 Å². The molecule has 1 nitrogen and oxygen atoms in total. The molecule has 0 spiro atoms. The average Bonchev–Trinajstić information content (AvgIpc) is 2.81. The molecule has 80 valence electrons. The van der Waals surface area contributed by atoms with Gasteiger partial charge in [-0.25, -0.2) is 0 Å². The smallest absolute Gasteiger partial charge is 0.00926 e. The van der Waals surface area contributed by atoms with E-state index < -0.39 is 0 Å². The van der Waals surface area contributed by atoms with Crippen molar-refractivity contribution >= 4 is 0 Å². The van der Waals surface area contributed by atoms with Crippen LogP contribution in [-0.4, -0.2) is 13.1 Å². The molecule has 0 bridgehead atoms. The SMILES string of the molecule is C=CCCCC(NC)C1CC2CC2C1. The molecule has 2 rings (SSSR count). The number of hydrogen-bond acceptors (Lipinski definition) is 1. The third-order valence-corrected chi connectivity index (χ3v) is 4.14. The fourth-order valence-corrected chi connectivity index (χ4v) is 3.19. The van der Waals surface area contributed by atoms with E-state index in [2.05, 4.69) is 18.9 Å². The Hall–Kier alpha value is -0.300. The molecule has 0 amide bonds. The lowest BCUT2D eigenvalue weighted by atomic mass is 9.91. The molecule has 0 aromatic heterocycles. The largest absolute Gasteiger partial charge is 0.317 e. The predicted octanol–water partition coefficient (Wildman–Crippen LogP) is 2.98. The Morgan fingerprint density at radius 1 is 1.36 bits per heavy atom. The van der Waals surface area contributed by atoms with Gasteiger partial charge >= 0.3 is 0 Å². The minimum absolute atomic E-state index is 0.780. The second-order valence-corrected chi connectivity index (χ2v) is 5.10. The van der Waals surface area contributed by atoms with Gasteiger partial charge in [0.25, 0.3) is 0 Å². The highest BCUT2D eigenvalue weighted by molar-refractivity contribution is 4.99. The average molecular weight is 193 g/mol. The molecule has 2 fully saturated rings. The van der Waals surface area contributed by atoms with E-state index in [-0.39, 0.29) is 0 Å². The monoisotopic (exact) mass is 193 g/mol. The highest BCUT2D eigenvalue weighted by Crippen LogP contribution is 2.55. The van der Waals surface area contributed by atoms with Gasteiger partial charge in [-0.05, 0) is 63.3 Å². The zero-order valence-corrected chi connectivity index (χ0v) is 9.34. The summed E-state index contributed by atoms with van der Waals surface area (Å²) in [5.74, 6) is 3.22. The van der Waals surface area contributed by atoms with Crippen molar-refractivity contribution in [3.05, 3.63) is 12.7 Å². The fraction of sp³-hybridized carbons (Fsp3) is 0.846. The van der Waals surface area contributed by atoms with Crippen LogP contribution in [0.1, 0.15) is 38.5 Å². The minimum Gasteiger partial charge on any atom is -0.317 e. The second-order valence-electron chi connectivity index (χ2n) is 5.10. The molecule has 2 aliphatic rings. The Labute approximate surface area is 88.0 Å². The van der Waals surface area contributed by atoms with Crippen molar-refractivity contribution < 1.29 is 0 Å². The van der Waals surface area contributed by atoms with Crippen LogP contribution in [0.3, 0.4) is 0 Å². The van der Waals surface area contributed by atoms with Gasteiger partial charge in [-0.3, -0.25) is 0 Å². The van der Waals surface area contributed by atoms with Crippen molar-refractivity contribution in [2.75, 3.05) is 7.05 Å². The molecule has 3 atom stereocenters. The summed E-state index contributed by atoms with van der Waals surface area (Å²) in [6, 6.07) is 0.780. The zero-order valence-electron chi connectivity index (χ0n) is 9.34. The minimum atomic E-state index is 0.780. The summed E-state index contributed by atoms with van der Waals surface area (Å²) in [6.45, 7) is 3.78. The Morgan fingerprint density at radius 3 is 2.64 bits per heavy atom.